The smallest absolute Gasteiger partial charge is 0.243 e. The average molecular weight is 381 g/mol. The highest BCUT2D eigenvalue weighted by molar-refractivity contribution is 5.98. The Bertz CT molecular complexity index is 614. The minimum absolute atomic E-state index is 0.137. The van der Waals surface area contributed by atoms with E-state index in [-0.39, 0.29) is 23.5 Å². The molecule has 2 N–H and O–H groups in total. The van der Waals surface area contributed by atoms with E-state index in [0.29, 0.717) is 26.0 Å². The lowest BCUT2D eigenvalue weighted by Gasteiger charge is -2.26. The van der Waals surface area contributed by atoms with Crippen LogP contribution in [0.1, 0.15) is 53.9 Å². The number of nitrogens with one attached hydrogen (secondary N) is 2. The molecule has 2 fully saturated rings. The summed E-state index contributed by atoms with van der Waals surface area (Å²) in [6.45, 7) is 9.60. The Morgan fingerprint density at radius 1 is 1.19 bits per heavy atom. The Labute approximate surface area is 160 Å². The standard InChI is InChI=1S/C19H31N3O5/c1-11(2)9-14(16(24)19(5)10-27-19)21-17(25)12(3)20-18(26)15-7-6-8-22(15)13(4)23/h11-12,14-15H,6-10H2,1-5H3,(H,20,26)(H,21,25). The SMILES string of the molecule is CC(=O)N1CCCC1C(=O)NC(C)C(=O)NC(CC(C)C)C(=O)C1(C)CO1. The van der Waals surface area contributed by atoms with E-state index in [9.17, 15) is 19.2 Å². The molecular formula is C19H31N3O5. The first kappa shape index (κ1) is 21.3. The number of ether oxygens (including phenoxy) is 1. The summed E-state index contributed by atoms with van der Waals surface area (Å²) in [5.41, 5.74) is -0.814. The number of rotatable bonds is 8. The Hall–Kier alpha value is -1.96. The zero-order valence-electron chi connectivity index (χ0n) is 16.8. The minimum Gasteiger partial charge on any atom is -0.361 e. The van der Waals surface area contributed by atoms with E-state index in [4.69, 9.17) is 4.74 Å². The molecule has 0 aromatic heterocycles. The fourth-order valence-corrected chi connectivity index (χ4v) is 3.41. The van der Waals surface area contributed by atoms with E-state index in [1.54, 1.807) is 13.8 Å². The fourth-order valence-electron chi connectivity index (χ4n) is 3.41. The number of carbonyl (C=O) groups excluding carboxylic acids is 4. The molecule has 2 aliphatic rings. The Morgan fingerprint density at radius 3 is 2.33 bits per heavy atom. The van der Waals surface area contributed by atoms with Crippen LogP contribution in [0, 0.1) is 5.92 Å². The van der Waals surface area contributed by atoms with Crippen molar-refractivity contribution in [2.45, 2.75) is 77.6 Å². The van der Waals surface area contributed by atoms with Crippen molar-refractivity contribution >= 4 is 23.5 Å². The largest absolute Gasteiger partial charge is 0.361 e. The summed E-state index contributed by atoms with van der Waals surface area (Å²) in [7, 11) is 0. The van der Waals surface area contributed by atoms with Crippen LogP contribution in [0.2, 0.25) is 0 Å². The maximum Gasteiger partial charge on any atom is 0.243 e. The number of epoxide rings is 1. The predicted octanol–water partition coefficient (Wildman–Crippen LogP) is 0.391. The molecule has 2 rings (SSSR count). The van der Waals surface area contributed by atoms with Gasteiger partial charge < -0.3 is 20.3 Å². The van der Waals surface area contributed by atoms with Gasteiger partial charge in [0.15, 0.2) is 5.78 Å². The third kappa shape index (κ3) is 5.28. The summed E-state index contributed by atoms with van der Waals surface area (Å²) in [6.07, 6.45) is 1.86. The Kier molecular flexibility index (Phi) is 6.62. The molecule has 27 heavy (non-hydrogen) atoms. The highest BCUT2D eigenvalue weighted by Crippen LogP contribution is 2.29. The lowest BCUT2D eigenvalue weighted by Crippen LogP contribution is -2.55. The molecule has 0 aromatic carbocycles. The van der Waals surface area contributed by atoms with Crippen molar-refractivity contribution in [1.82, 2.24) is 15.5 Å². The average Bonchev–Trinajstić information content (AvgIpc) is 3.13. The maximum absolute atomic E-state index is 12.6. The van der Waals surface area contributed by atoms with Crippen LogP contribution in [0.4, 0.5) is 0 Å². The molecule has 0 radical (unpaired) electrons. The minimum atomic E-state index is -0.814. The first-order chi connectivity index (χ1) is 12.5. The van der Waals surface area contributed by atoms with Crippen LogP contribution in [0.25, 0.3) is 0 Å². The number of likely N-dealkylation sites (tertiary alicyclic amines) is 1. The molecule has 0 bridgehead atoms. The molecule has 0 aromatic rings. The van der Waals surface area contributed by atoms with Crippen molar-refractivity contribution in [2.75, 3.05) is 13.2 Å². The second kappa shape index (κ2) is 8.37. The summed E-state index contributed by atoms with van der Waals surface area (Å²) in [5, 5.41) is 5.43. The first-order valence-corrected chi connectivity index (χ1v) is 9.61. The monoisotopic (exact) mass is 381 g/mol. The van der Waals surface area contributed by atoms with Gasteiger partial charge in [-0.25, -0.2) is 0 Å². The molecule has 8 heteroatoms. The molecule has 4 unspecified atom stereocenters. The number of carbonyl (C=O) groups is 4. The van der Waals surface area contributed by atoms with Crippen LogP contribution in [-0.2, 0) is 23.9 Å². The topological polar surface area (TPSA) is 108 Å². The highest BCUT2D eigenvalue weighted by atomic mass is 16.6. The van der Waals surface area contributed by atoms with Crippen LogP contribution in [0.3, 0.4) is 0 Å². The van der Waals surface area contributed by atoms with Crippen molar-refractivity contribution in [3.8, 4) is 0 Å². The van der Waals surface area contributed by atoms with Gasteiger partial charge in [0, 0.05) is 13.5 Å². The van der Waals surface area contributed by atoms with Crippen LogP contribution in [0.5, 0.6) is 0 Å². The second-order valence-corrected chi connectivity index (χ2v) is 8.18. The van der Waals surface area contributed by atoms with Crippen molar-refractivity contribution < 1.29 is 23.9 Å². The van der Waals surface area contributed by atoms with Gasteiger partial charge in [-0.05, 0) is 39.0 Å². The van der Waals surface area contributed by atoms with Gasteiger partial charge in [0.1, 0.15) is 17.7 Å². The molecule has 8 nitrogen and oxygen atoms in total. The van der Waals surface area contributed by atoms with Crippen LogP contribution >= 0.6 is 0 Å². The number of ketones is 1. The van der Waals surface area contributed by atoms with Gasteiger partial charge in [0.05, 0.1) is 12.6 Å². The quantitative estimate of drug-likeness (QED) is 0.592. The van der Waals surface area contributed by atoms with Crippen molar-refractivity contribution in [3.05, 3.63) is 0 Å². The number of hydrogen-bond donors (Lipinski definition) is 2. The Morgan fingerprint density at radius 2 is 1.81 bits per heavy atom. The number of nitrogens with zero attached hydrogens (tertiary/aromatic N) is 1. The van der Waals surface area contributed by atoms with E-state index in [1.807, 2.05) is 13.8 Å². The van der Waals surface area contributed by atoms with Gasteiger partial charge in [-0.2, -0.15) is 0 Å². The highest BCUT2D eigenvalue weighted by Gasteiger charge is 2.50. The van der Waals surface area contributed by atoms with Gasteiger partial charge in [-0.3, -0.25) is 19.2 Å². The molecule has 4 atom stereocenters. The summed E-state index contributed by atoms with van der Waals surface area (Å²) in [5.74, 6) is -0.825. The van der Waals surface area contributed by atoms with Crippen LogP contribution < -0.4 is 10.6 Å². The van der Waals surface area contributed by atoms with E-state index in [0.717, 1.165) is 6.42 Å². The lowest BCUT2D eigenvalue weighted by atomic mass is 9.93. The summed E-state index contributed by atoms with van der Waals surface area (Å²) < 4.78 is 5.22. The van der Waals surface area contributed by atoms with Crippen molar-refractivity contribution in [1.29, 1.82) is 0 Å². The fraction of sp³-hybridized carbons (Fsp3) is 0.789. The molecule has 152 valence electrons. The normalized spacial score (nSPS) is 26.4. The molecule has 2 heterocycles. The second-order valence-electron chi connectivity index (χ2n) is 8.18. The van der Waals surface area contributed by atoms with Gasteiger partial charge in [-0.1, -0.05) is 13.8 Å². The predicted molar refractivity (Wildman–Crippen MR) is 98.8 cm³/mol. The van der Waals surface area contributed by atoms with E-state index in [1.165, 1.54) is 11.8 Å². The molecule has 3 amide bonds. The third-order valence-electron chi connectivity index (χ3n) is 5.15. The van der Waals surface area contributed by atoms with Gasteiger partial charge in [-0.15, -0.1) is 0 Å². The zero-order chi connectivity index (χ0) is 20.4. The summed E-state index contributed by atoms with van der Waals surface area (Å²) >= 11 is 0. The number of Topliss-reactive ketones (excluding diaryl/α,β-unsaturated/α-hetero) is 1. The maximum atomic E-state index is 12.6. The van der Waals surface area contributed by atoms with E-state index >= 15 is 0 Å². The Balaban J connectivity index is 1.95. The van der Waals surface area contributed by atoms with Crippen LogP contribution in [-0.4, -0.2) is 65.3 Å². The van der Waals surface area contributed by atoms with Crippen molar-refractivity contribution in [2.24, 2.45) is 5.92 Å². The zero-order valence-corrected chi connectivity index (χ0v) is 16.8. The molecule has 0 aliphatic carbocycles. The molecular weight excluding hydrogens is 350 g/mol. The van der Waals surface area contributed by atoms with Gasteiger partial charge in [0.25, 0.3) is 0 Å². The number of hydrogen-bond acceptors (Lipinski definition) is 5. The van der Waals surface area contributed by atoms with E-state index < -0.39 is 29.6 Å². The number of amides is 3. The summed E-state index contributed by atoms with van der Waals surface area (Å²) in [4.78, 5) is 50.8. The first-order valence-electron chi connectivity index (χ1n) is 9.61. The van der Waals surface area contributed by atoms with Crippen LogP contribution in [0.15, 0.2) is 0 Å². The molecule has 2 saturated heterocycles. The van der Waals surface area contributed by atoms with Gasteiger partial charge >= 0.3 is 0 Å². The molecule has 0 spiro atoms. The summed E-state index contributed by atoms with van der Waals surface area (Å²) in [6, 6.07) is -1.99. The van der Waals surface area contributed by atoms with Gasteiger partial charge in [0.2, 0.25) is 17.7 Å². The molecule has 2 aliphatic heterocycles. The lowest BCUT2D eigenvalue weighted by molar-refractivity contribution is -0.138. The van der Waals surface area contributed by atoms with Crippen molar-refractivity contribution in [3.63, 3.8) is 0 Å². The molecule has 0 saturated carbocycles. The third-order valence-corrected chi connectivity index (χ3v) is 5.15. The van der Waals surface area contributed by atoms with E-state index in [2.05, 4.69) is 10.6 Å².